The Balaban J connectivity index is 3.32. The van der Waals surface area contributed by atoms with Gasteiger partial charge in [-0.25, -0.2) is 4.79 Å². The summed E-state index contributed by atoms with van der Waals surface area (Å²) in [5.41, 5.74) is 32.4. The third-order valence-electron chi connectivity index (χ3n) is 8.99. The number of carboxylic acid groups (broad SMARTS) is 1. The molecule has 23 heteroatoms. The van der Waals surface area contributed by atoms with Crippen molar-refractivity contribution in [2.45, 2.75) is 120 Å². The average Bonchev–Trinajstić information content (AvgIpc) is 3.15. The summed E-state index contributed by atoms with van der Waals surface area (Å²) < 4.78 is 4.92. The van der Waals surface area contributed by atoms with Crippen LogP contribution in [-0.4, -0.2) is 114 Å². The Morgan fingerprint density at radius 1 is 0.655 bits per heavy atom. The molecule has 0 saturated heterocycles. The Morgan fingerprint density at radius 2 is 1.16 bits per heavy atom. The van der Waals surface area contributed by atoms with Crippen molar-refractivity contribution in [1.82, 2.24) is 26.6 Å². The van der Waals surface area contributed by atoms with Gasteiger partial charge in [0.25, 0.3) is 0 Å². The molecule has 1 aliphatic rings. The van der Waals surface area contributed by atoms with Gasteiger partial charge in [0.1, 0.15) is 36.8 Å². The lowest BCUT2D eigenvalue weighted by Gasteiger charge is -2.29. The van der Waals surface area contributed by atoms with Crippen LogP contribution < -0.4 is 61.0 Å². The van der Waals surface area contributed by atoms with Crippen LogP contribution in [0.2, 0.25) is 0 Å². The van der Waals surface area contributed by atoms with E-state index in [1.807, 2.05) is 0 Å². The first kappa shape index (κ1) is 49.9. The molecule has 1 saturated carbocycles. The van der Waals surface area contributed by atoms with Gasteiger partial charge in [-0.2, -0.15) is 0 Å². The molecular weight excluding hydrogens is 762 g/mol. The van der Waals surface area contributed by atoms with E-state index in [1.54, 1.807) is 0 Å². The molecule has 0 unspecified atom stereocenters. The van der Waals surface area contributed by atoms with Crippen molar-refractivity contribution in [3.63, 3.8) is 0 Å². The fraction of sp³-hybridized carbons (Fsp3) is 0.657. The summed E-state index contributed by atoms with van der Waals surface area (Å²) in [4.78, 5) is 111. The third kappa shape index (κ3) is 21.8. The first-order valence-electron chi connectivity index (χ1n) is 19.1. The highest BCUT2D eigenvalue weighted by atomic mass is 16.5. The number of aliphatic carboxylic acids is 1. The molecule has 0 heterocycles. The van der Waals surface area contributed by atoms with Gasteiger partial charge in [-0.3, -0.25) is 43.5 Å². The lowest BCUT2D eigenvalue weighted by molar-refractivity contribution is -0.138. The second kappa shape index (κ2) is 27.4. The SMILES string of the molecule is C=CCOC(=O)N[C@@H](CCCCN=C(N)N)C(=O)N[C@@H](CCC(=O)O)C(=O)N[C@@H](CC(N)=O)C(=O)N[C@@H](CC1CCCCC1)C(=O)N[C@@H](CCCN=C(N)N)C(N)=O. The molecule has 18 N–H and O–H groups in total. The number of nitrogens with zero attached hydrogens (tertiary/aromatic N) is 2. The number of nitrogens with two attached hydrogens (primary N) is 6. The number of hydrogen-bond acceptors (Lipinski definition) is 11. The number of carboxylic acids is 1. The van der Waals surface area contributed by atoms with E-state index in [0.29, 0.717) is 12.8 Å². The Morgan fingerprint density at radius 3 is 1.71 bits per heavy atom. The van der Waals surface area contributed by atoms with E-state index in [4.69, 9.17) is 39.1 Å². The Bertz CT molecular complexity index is 1480. The van der Waals surface area contributed by atoms with Crippen molar-refractivity contribution in [3.8, 4) is 0 Å². The Hall–Kier alpha value is -6.16. The highest BCUT2D eigenvalue weighted by Gasteiger charge is 2.34. The van der Waals surface area contributed by atoms with E-state index >= 15 is 0 Å². The largest absolute Gasteiger partial charge is 0.481 e. The summed E-state index contributed by atoms with van der Waals surface area (Å²) in [5, 5.41) is 21.7. The summed E-state index contributed by atoms with van der Waals surface area (Å²) >= 11 is 0. The fourth-order valence-corrected chi connectivity index (χ4v) is 6.07. The molecule has 0 spiro atoms. The molecule has 0 aliphatic heterocycles. The van der Waals surface area contributed by atoms with Crippen LogP contribution in [0.4, 0.5) is 4.79 Å². The quantitative estimate of drug-likeness (QED) is 0.0161. The number of amides is 7. The summed E-state index contributed by atoms with van der Waals surface area (Å²) in [5.74, 6) is -7.16. The van der Waals surface area contributed by atoms with Crippen LogP contribution in [0.25, 0.3) is 0 Å². The molecule has 5 atom stereocenters. The molecular formula is C35H61N13O10. The smallest absolute Gasteiger partial charge is 0.408 e. The second-order valence-electron chi connectivity index (χ2n) is 13.8. The van der Waals surface area contributed by atoms with Crippen LogP contribution in [0.15, 0.2) is 22.6 Å². The predicted molar refractivity (Wildman–Crippen MR) is 212 cm³/mol. The van der Waals surface area contributed by atoms with Gasteiger partial charge in [0, 0.05) is 19.5 Å². The van der Waals surface area contributed by atoms with Gasteiger partial charge >= 0.3 is 12.1 Å². The van der Waals surface area contributed by atoms with Gasteiger partial charge < -0.3 is 70.8 Å². The van der Waals surface area contributed by atoms with E-state index in [0.717, 1.165) is 32.1 Å². The third-order valence-corrected chi connectivity index (χ3v) is 8.99. The van der Waals surface area contributed by atoms with Gasteiger partial charge in [-0.1, -0.05) is 44.8 Å². The molecule has 1 aliphatic carbocycles. The minimum atomic E-state index is -1.69. The van der Waals surface area contributed by atoms with Crippen molar-refractivity contribution in [1.29, 1.82) is 0 Å². The standard InChI is InChI=1S/C35H61N13O10/c1-2-17-58-35(57)48-22(11-6-7-15-42-33(38)39)29(53)45-23(13-14-27(50)51)30(54)47-25(19-26(36)49)32(56)46-24(18-20-9-4-3-5-10-20)31(55)44-21(28(37)52)12-8-16-43-34(40)41/h2,20-25H,1,3-19H2,(H2,36,49)(H2,37,52)(H,44,55)(H,45,53)(H,46,56)(H,47,54)(H,48,57)(H,50,51)(H4,38,39,42)(H4,40,41,43)/t21-,22-,23-,24-,25-/m0/s1. The maximum Gasteiger partial charge on any atom is 0.408 e. The normalized spacial score (nSPS) is 15.0. The number of hydrogen-bond donors (Lipinski definition) is 12. The molecule has 23 nitrogen and oxygen atoms in total. The lowest BCUT2D eigenvalue weighted by atomic mass is 9.84. The molecule has 0 aromatic carbocycles. The molecule has 1 rings (SSSR count). The van der Waals surface area contributed by atoms with E-state index in [-0.39, 0.29) is 63.2 Å². The van der Waals surface area contributed by atoms with Gasteiger partial charge in [-0.15, -0.1) is 0 Å². The number of unbranched alkanes of at least 4 members (excludes halogenated alkanes) is 1. The molecule has 1 fully saturated rings. The van der Waals surface area contributed by atoms with Crippen LogP contribution in [0, 0.1) is 5.92 Å². The predicted octanol–water partition coefficient (Wildman–Crippen LogP) is -3.10. The van der Waals surface area contributed by atoms with Gasteiger partial charge in [0.15, 0.2) is 11.9 Å². The van der Waals surface area contributed by atoms with Crippen molar-refractivity contribution in [2.24, 2.45) is 50.3 Å². The van der Waals surface area contributed by atoms with Crippen LogP contribution >= 0.6 is 0 Å². The molecule has 7 amide bonds. The minimum Gasteiger partial charge on any atom is -0.481 e. The zero-order valence-corrected chi connectivity index (χ0v) is 32.7. The number of alkyl carbamates (subject to hydrolysis) is 1. The second-order valence-corrected chi connectivity index (χ2v) is 13.8. The van der Waals surface area contributed by atoms with Crippen LogP contribution in [0.1, 0.15) is 89.9 Å². The highest BCUT2D eigenvalue weighted by molar-refractivity contribution is 5.97. The van der Waals surface area contributed by atoms with Gasteiger partial charge in [-0.05, 0) is 50.9 Å². The highest BCUT2D eigenvalue weighted by Crippen LogP contribution is 2.27. The molecule has 0 aromatic rings. The average molecular weight is 824 g/mol. The zero-order valence-electron chi connectivity index (χ0n) is 32.7. The van der Waals surface area contributed by atoms with E-state index in [9.17, 15) is 43.5 Å². The summed E-state index contributed by atoms with van der Waals surface area (Å²) in [7, 11) is 0. The number of aliphatic imine (C=N–C) groups is 2. The topological polar surface area (TPSA) is 407 Å². The number of guanidine groups is 2. The Labute approximate surface area is 336 Å². The summed E-state index contributed by atoms with van der Waals surface area (Å²) in [6, 6.07) is -6.97. The molecule has 0 radical (unpaired) electrons. The van der Waals surface area contributed by atoms with E-state index in [1.165, 1.54) is 6.08 Å². The van der Waals surface area contributed by atoms with Crippen molar-refractivity contribution in [2.75, 3.05) is 19.7 Å². The summed E-state index contributed by atoms with van der Waals surface area (Å²) in [6.45, 7) is 3.66. The Kier molecular flexibility index (Phi) is 23.6. The minimum absolute atomic E-state index is 0.0145. The van der Waals surface area contributed by atoms with Crippen molar-refractivity contribution < 1.29 is 48.2 Å². The molecule has 58 heavy (non-hydrogen) atoms. The fourth-order valence-electron chi connectivity index (χ4n) is 6.07. The number of carbonyl (C=O) groups is 8. The van der Waals surface area contributed by atoms with Gasteiger partial charge in [0.05, 0.1) is 6.42 Å². The molecule has 326 valence electrons. The van der Waals surface area contributed by atoms with E-state index < -0.39 is 97.0 Å². The zero-order chi connectivity index (χ0) is 43.6. The van der Waals surface area contributed by atoms with Crippen molar-refractivity contribution in [3.05, 3.63) is 12.7 Å². The first-order chi connectivity index (χ1) is 27.4. The number of nitrogens with one attached hydrogen (secondary N) is 5. The number of primary amides is 2. The maximum absolute atomic E-state index is 13.8. The number of ether oxygens (including phenoxy) is 1. The van der Waals surface area contributed by atoms with Crippen LogP contribution in [-0.2, 0) is 38.3 Å². The van der Waals surface area contributed by atoms with Crippen molar-refractivity contribution >= 4 is 59.4 Å². The maximum atomic E-state index is 13.8. The summed E-state index contributed by atoms with van der Waals surface area (Å²) in [6.07, 6.45) is 4.08. The molecule has 0 aromatic heterocycles. The molecule has 0 bridgehead atoms. The van der Waals surface area contributed by atoms with Crippen LogP contribution in [0.5, 0.6) is 0 Å². The monoisotopic (exact) mass is 823 g/mol. The van der Waals surface area contributed by atoms with E-state index in [2.05, 4.69) is 43.1 Å². The first-order valence-corrected chi connectivity index (χ1v) is 19.1. The van der Waals surface area contributed by atoms with Gasteiger partial charge in [0.2, 0.25) is 35.4 Å². The van der Waals surface area contributed by atoms with Crippen LogP contribution in [0.3, 0.4) is 0 Å². The number of carbonyl (C=O) groups excluding carboxylic acids is 7. The lowest BCUT2D eigenvalue weighted by Crippen LogP contribution is -2.59. The number of rotatable bonds is 28.